The van der Waals surface area contributed by atoms with Crippen molar-refractivity contribution in [3.63, 3.8) is 0 Å². The lowest BCUT2D eigenvalue weighted by Gasteiger charge is -2.23. The van der Waals surface area contributed by atoms with Gasteiger partial charge in [-0.3, -0.25) is 9.97 Å². The van der Waals surface area contributed by atoms with E-state index in [0.717, 1.165) is 55.7 Å². The zero-order valence-corrected chi connectivity index (χ0v) is 26.3. The summed E-state index contributed by atoms with van der Waals surface area (Å²) in [7, 11) is -2.18. The van der Waals surface area contributed by atoms with Crippen molar-refractivity contribution in [3.8, 4) is 5.75 Å². The largest absolute Gasteiger partial charge is 0.497 e. The number of aryl methyl sites for hydroxylation is 4. The number of benzene rings is 3. The minimum absolute atomic E-state index is 0.244. The number of aromatic nitrogens is 2. The second kappa shape index (κ2) is 13.0. The van der Waals surface area contributed by atoms with Gasteiger partial charge in [-0.15, -0.1) is 0 Å². The van der Waals surface area contributed by atoms with E-state index in [0.29, 0.717) is 38.3 Å². The summed E-state index contributed by atoms with van der Waals surface area (Å²) in [5, 5.41) is 9.10. The summed E-state index contributed by atoms with van der Waals surface area (Å²) in [6.07, 6.45) is 0.626. The molecule has 0 bridgehead atoms. The average molecular weight is 598 g/mol. The molecule has 0 aliphatic heterocycles. The second-order valence-electron chi connectivity index (χ2n) is 11.0. The van der Waals surface area contributed by atoms with Gasteiger partial charge in [0, 0.05) is 59.7 Å². The SMILES string of the molecule is COc1ccc(S(=O)(=O)N(CCCNc2cc(C)nc3ccc(C)cc23)CCNc2cc(C)nc3ccc(C)cc23)cc1. The highest BCUT2D eigenvalue weighted by atomic mass is 32.2. The van der Waals surface area contributed by atoms with Gasteiger partial charge in [0.25, 0.3) is 0 Å². The Morgan fingerprint density at radius 3 is 1.77 bits per heavy atom. The van der Waals surface area contributed by atoms with Crippen molar-refractivity contribution < 1.29 is 13.2 Å². The molecule has 0 fully saturated rings. The van der Waals surface area contributed by atoms with Crippen LogP contribution in [0.4, 0.5) is 11.4 Å². The molecule has 0 unspecified atom stereocenters. The highest BCUT2D eigenvalue weighted by molar-refractivity contribution is 7.89. The standard InChI is InChI=1S/C34H39N5O3S/c1-23-7-13-31-29(19-23)33(21-25(3)37-31)35-15-6-17-39(43(40,41)28-11-9-27(42-5)10-12-28)18-16-36-34-22-26(4)38-32-14-8-24(2)20-30(32)34/h7-14,19-22H,6,15-18H2,1-5H3,(H,35,37)(H,36,38). The summed E-state index contributed by atoms with van der Waals surface area (Å²) in [6, 6.07) is 23.0. The number of hydrogen-bond acceptors (Lipinski definition) is 7. The van der Waals surface area contributed by atoms with E-state index in [1.54, 1.807) is 35.7 Å². The van der Waals surface area contributed by atoms with Crippen LogP contribution in [-0.2, 0) is 10.0 Å². The number of nitrogens with one attached hydrogen (secondary N) is 2. The van der Waals surface area contributed by atoms with Gasteiger partial charge in [0.1, 0.15) is 5.75 Å². The number of fused-ring (bicyclic) bond motifs is 2. The van der Waals surface area contributed by atoms with Crippen molar-refractivity contribution in [3.05, 3.63) is 95.3 Å². The molecule has 3 aromatic carbocycles. The molecule has 0 aliphatic rings. The quantitative estimate of drug-likeness (QED) is 0.156. The van der Waals surface area contributed by atoms with E-state index in [2.05, 4.69) is 52.6 Å². The number of pyridine rings is 2. The average Bonchev–Trinajstić information content (AvgIpc) is 2.98. The smallest absolute Gasteiger partial charge is 0.243 e. The molecule has 9 heteroatoms. The summed E-state index contributed by atoms with van der Waals surface area (Å²) in [6.45, 7) is 9.79. The molecule has 0 saturated heterocycles. The van der Waals surface area contributed by atoms with Gasteiger partial charge in [0.05, 0.1) is 23.0 Å². The molecule has 8 nitrogen and oxygen atoms in total. The molecule has 0 aliphatic carbocycles. The first kappa shape index (κ1) is 30.3. The lowest BCUT2D eigenvalue weighted by Crippen LogP contribution is -2.36. The van der Waals surface area contributed by atoms with Crippen LogP contribution in [-0.4, -0.2) is 56.0 Å². The molecule has 0 atom stereocenters. The fraction of sp³-hybridized carbons (Fsp3) is 0.294. The van der Waals surface area contributed by atoms with E-state index in [9.17, 15) is 8.42 Å². The Hall–Kier alpha value is -4.21. The van der Waals surface area contributed by atoms with Gasteiger partial charge in [-0.1, -0.05) is 23.3 Å². The van der Waals surface area contributed by atoms with Crippen molar-refractivity contribution >= 4 is 43.2 Å². The number of ether oxygens (including phenoxy) is 1. The Bertz CT molecular complexity index is 1860. The maximum absolute atomic E-state index is 13.8. The van der Waals surface area contributed by atoms with Crippen LogP contribution < -0.4 is 15.4 Å². The van der Waals surface area contributed by atoms with Gasteiger partial charge >= 0.3 is 0 Å². The summed E-state index contributed by atoms with van der Waals surface area (Å²) in [4.78, 5) is 9.55. The molecule has 2 heterocycles. The summed E-state index contributed by atoms with van der Waals surface area (Å²) >= 11 is 0. The monoisotopic (exact) mass is 597 g/mol. The van der Waals surface area contributed by atoms with Crippen LogP contribution in [0.5, 0.6) is 5.75 Å². The minimum Gasteiger partial charge on any atom is -0.497 e. The maximum Gasteiger partial charge on any atom is 0.243 e. The van der Waals surface area contributed by atoms with Crippen molar-refractivity contribution in [1.82, 2.24) is 14.3 Å². The number of rotatable bonds is 12. The predicted octanol–water partition coefficient (Wildman–Crippen LogP) is 6.63. The third kappa shape index (κ3) is 7.06. The number of hydrogen-bond donors (Lipinski definition) is 2. The predicted molar refractivity (Wildman–Crippen MR) is 176 cm³/mol. The molecular formula is C34H39N5O3S. The van der Waals surface area contributed by atoms with Gasteiger partial charge in [-0.25, -0.2) is 8.42 Å². The molecular weight excluding hydrogens is 558 g/mol. The molecule has 0 amide bonds. The van der Waals surface area contributed by atoms with Crippen molar-refractivity contribution in [2.24, 2.45) is 0 Å². The van der Waals surface area contributed by atoms with Crippen LogP contribution >= 0.6 is 0 Å². The van der Waals surface area contributed by atoms with Gasteiger partial charge in [0.15, 0.2) is 0 Å². The fourth-order valence-electron chi connectivity index (χ4n) is 5.28. The molecule has 5 aromatic rings. The van der Waals surface area contributed by atoms with Crippen LogP contribution in [0, 0.1) is 27.7 Å². The Labute approximate surface area is 254 Å². The van der Waals surface area contributed by atoms with Crippen LogP contribution in [0.15, 0.2) is 77.7 Å². The third-order valence-corrected chi connectivity index (χ3v) is 9.37. The van der Waals surface area contributed by atoms with Crippen LogP contribution in [0.3, 0.4) is 0 Å². The molecule has 2 aromatic heterocycles. The molecule has 5 rings (SSSR count). The van der Waals surface area contributed by atoms with E-state index >= 15 is 0 Å². The second-order valence-corrected chi connectivity index (χ2v) is 12.9. The highest BCUT2D eigenvalue weighted by Crippen LogP contribution is 2.26. The zero-order chi connectivity index (χ0) is 30.6. The third-order valence-electron chi connectivity index (χ3n) is 7.46. The lowest BCUT2D eigenvalue weighted by molar-refractivity contribution is 0.412. The van der Waals surface area contributed by atoms with Gasteiger partial charge in [-0.05, 0) is 94.8 Å². The van der Waals surface area contributed by atoms with Crippen LogP contribution in [0.1, 0.15) is 28.9 Å². The Kier molecular flexibility index (Phi) is 9.13. The number of methoxy groups -OCH3 is 1. The molecule has 43 heavy (non-hydrogen) atoms. The number of nitrogens with zero attached hydrogens (tertiary/aromatic N) is 3. The first-order valence-electron chi connectivity index (χ1n) is 14.5. The summed E-state index contributed by atoms with van der Waals surface area (Å²) < 4.78 is 34.5. The van der Waals surface area contributed by atoms with Crippen LogP contribution in [0.2, 0.25) is 0 Å². The van der Waals surface area contributed by atoms with Crippen molar-refractivity contribution in [1.29, 1.82) is 0 Å². The van der Waals surface area contributed by atoms with E-state index in [-0.39, 0.29) is 4.90 Å². The number of sulfonamides is 1. The van der Waals surface area contributed by atoms with E-state index in [1.807, 2.05) is 44.2 Å². The minimum atomic E-state index is -3.74. The van der Waals surface area contributed by atoms with Gasteiger partial charge in [0.2, 0.25) is 10.0 Å². The van der Waals surface area contributed by atoms with Gasteiger partial charge in [-0.2, -0.15) is 4.31 Å². The summed E-state index contributed by atoms with van der Waals surface area (Å²) in [5.74, 6) is 0.613. The first-order chi connectivity index (χ1) is 20.6. The normalized spacial score (nSPS) is 11.8. The molecule has 0 saturated carbocycles. The lowest BCUT2D eigenvalue weighted by atomic mass is 10.1. The number of anilines is 2. The Morgan fingerprint density at radius 2 is 1.23 bits per heavy atom. The van der Waals surface area contributed by atoms with Crippen LogP contribution in [0.25, 0.3) is 21.8 Å². The van der Waals surface area contributed by atoms with E-state index < -0.39 is 10.0 Å². The molecule has 0 spiro atoms. The van der Waals surface area contributed by atoms with Gasteiger partial charge < -0.3 is 15.4 Å². The zero-order valence-electron chi connectivity index (χ0n) is 25.4. The van der Waals surface area contributed by atoms with E-state index in [1.165, 1.54) is 0 Å². The Morgan fingerprint density at radius 1 is 0.698 bits per heavy atom. The highest BCUT2D eigenvalue weighted by Gasteiger charge is 2.24. The van der Waals surface area contributed by atoms with Crippen molar-refractivity contribution in [2.45, 2.75) is 39.0 Å². The maximum atomic E-state index is 13.8. The Balaban J connectivity index is 1.33. The summed E-state index contributed by atoms with van der Waals surface area (Å²) in [5.41, 5.74) is 7.96. The molecule has 0 radical (unpaired) electrons. The fourth-order valence-corrected chi connectivity index (χ4v) is 6.76. The molecule has 2 N–H and O–H groups in total. The van der Waals surface area contributed by atoms with Crippen molar-refractivity contribution in [2.75, 3.05) is 43.9 Å². The first-order valence-corrected chi connectivity index (χ1v) is 16.0. The van der Waals surface area contributed by atoms with E-state index in [4.69, 9.17) is 4.74 Å². The molecule has 224 valence electrons. The topological polar surface area (TPSA) is 96.5 Å².